The molecule has 7 heteroatoms. The van der Waals surface area contributed by atoms with Crippen molar-refractivity contribution in [2.45, 2.75) is 26.9 Å². The molecule has 2 rings (SSSR count). The Balaban J connectivity index is 0.00000392. The van der Waals surface area contributed by atoms with Gasteiger partial charge in [-0.15, -0.1) is 24.0 Å². The van der Waals surface area contributed by atoms with Gasteiger partial charge in [-0.3, -0.25) is 4.79 Å². The highest BCUT2D eigenvalue weighted by molar-refractivity contribution is 14.0. The van der Waals surface area contributed by atoms with Gasteiger partial charge in [0.05, 0.1) is 13.7 Å². The summed E-state index contributed by atoms with van der Waals surface area (Å²) in [7, 11) is 3.30. The van der Waals surface area contributed by atoms with Gasteiger partial charge >= 0.3 is 0 Å². The number of ether oxygens (including phenoxy) is 1. The van der Waals surface area contributed by atoms with Crippen LogP contribution in [0.5, 0.6) is 5.75 Å². The predicted molar refractivity (Wildman–Crippen MR) is 125 cm³/mol. The van der Waals surface area contributed by atoms with Crippen molar-refractivity contribution in [3.8, 4) is 5.75 Å². The summed E-state index contributed by atoms with van der Waals surface area (Å²) in [5.74, 6) is 1.47. The molecular weight excluding hydrogens is 467 g/mol. The quantitative estimate of drug-likeness (QED) is 0.313. The molecule has 2 aromatic rings. The number of halogens is 1. The molecule has 0 heterocycles. The first-order valence-electron chi connectivity index (χ1n) is 9.04. The summed E-state index contributed by atoms with van der Waals surface area (Å²) in [6, 6.07) is 13.6. The molecule has 6 nitrogen and oxygen atoms in total. The second-order valence-electron chi connectivity index (χ2n) is 6.14. The number of benzene rings is 2. The lowest BCUT2D eigenvalue weighted by Crippen LogP contribution is -2.36. The maximum Gasteiger partial charge on any atom is 0.251 e. The van der Waals surface area contributed by atoms with E-state index in [9.17, 15) is 4.79 Å². The van der Waals surface area contributed by atoms with Gasteiger partial charge in [0, 0.05) is 31.3 Å². The van der Waals surface area contributed by atoms with Crippen molar-refractivity contribution in [2.75, 3.05) is 20.7 Å². The lowest BCUT2D eigenvalue weighted by molar-refractivity contribution is 0.0963. The number of amides is 1. The number of nitrogens with one attached hydrogen (secondary N) is 3. The van der Waals surface area contributed by atoms with E-state index in [2.05, 4.69) is 33.1 Å². The van der Waals surface area contributed by atoms with E-state index in [1.54, 1.807) is 20.2 Å². The van der Waals surface area contributed by atoms with Gasteiger partial charge in [0.1, 0.15) is 5.75 Å². The fraction of sp³-hybridized carbons (Fsp3) is 0.333. The first kappa shape index (κ1) is 23.7. The van der Waals surface area contributed by atoms with E-state index in [1.807, 2.05) is 38.1 Å². The predicted octanol–water partition coefficient (Wildman–Crippen LogP) is 3.24. The molecule has 0 bridgehead atoms. The lowest BCUT2D eigenvalue weighted by atomic mass is 10.1. The summed E-state index contributed by atoms with van der Waals surface area (Å²) < 4.78 is 5.46. The number of nitrogens with zero attached hydrogens (tertiary/aromatic N) is 1. The topological polar surface area (TPSA) is 74.8 Å². The van der Waals surface area contributed by atoms with E-state index in [0.717, 1.165) is 29.0 Å². The molecule has 0 radical (unpaired) electrons. The maximum absolute atomic E-state index is 11.8. The molecule has 1 amide bonds. The molecule has 0 aliphatic rings. The third-order valence-corrected chi connectivity index (χ3v) is 4.07. The zero-order valence-corrected chi connectivity index (χ0v) is 19.2. The monoisotopic (exact) mass is 496 g/mol. The highest BCUT2D eigenvalue weighted by atomic mass is 127. The molecular formula is C21H29IN4O2. The molecule has 0 spiro atoms. The van der Waals surface area contributed by atoms with Gasteiger partial charge in [-0.05, 0) is 43.2 Å². The fourth-order valence-corrected chi connectivity index (χ4v) is 2.64. The van der Waals surface area contributed by atoms with Gasteiger partial charge in [-0.1, -0.05) is 24.3 Å². The Morgan fingerprint density at radius 2 is 1.93 bits per heavy atom. The second-order valence-corrected chi connectivity index (χ2v) is 6.14. The van der Waals surface area contributed by atoms with Gasteiger partial charge in [-0.25, -0.2) is 4.99 Å². The van der Waals surface area contributed by atoms with Crippen LogP contribution in [0.3, 0.4) is 0 Å². The number of guanidine groups is 1. The number of rotatable bonds is 7. The molecule has 28 heavy (non-hydrogen) atoms. The molecule has 0 fully saturated rings. The summed E-state index contributed by atoms with van der Waals surface area (Å²) in [5.41, 5.74) is 3.83. The first-order chi connectivity index (χ1) is 13.1. The Bertz CT molecular complexity index is 809. The van der Waals surface area contributed by atoms with Crippen LogP contribution >= 0.6 is 24.0 Å². The van der Waals surface area contributed by atoms with E-state index in [1.165, 1.54) is 0 Å². The minimum Gasteiger partial charge on any atom is -0.496 e. The van der Waals surface area contributed by atoms with E-state index >= 15 is 0 Å². The molecule has 2 aromatic carbocycles. The van der Waals surface area contributed by atoms with Crippen molar-refractivity contribution in [1.29, 1.82) is 0 Å². The van der Waals surface area contributed by atoms with Gasteiger partial charge < -0.3 is 20.7 Å². The zero-order chi connectivity index (χ0) is 19.6. The van der Waals surface area contributed by atoms with Gasteiger partial charge in [0.15, 0.2) is 5.96 Å². The molecule has 0 aromatic heterocycles. The van der Waals surface area contributed by atoms with Crippen LogP contribution in [0, 0.1) is 6.92 Å². The number of hydrogen-bond donors (Lipinski definition) is 3. The van der Waals surface area contributed by atoms with Crippen LogP contribution in [0.2, 0.25) is 0 Å². The Kier molecular flexibility index (Phi) is 10.4. The van der Waals surface area contributed by atoms with Crippen molar-refractivity contribution in [1.82, 2.24) is 16.0 Å². The molecule has 3 N–H and O–H groups in total. The van der Waals surface area contributed by atoms with Gasteiger partial charge in [0.2, 0.25) is 0 Å². The number of aliphatic imine (C=N–C) groups is 1. The van der Waals surface area contributed by atoms with Crippen LogP contribution in [0.4, 0.5) is 0 Å². The molecule has 152 valence electrons. The van der Waals surface area contributed by atoms with Crippen molar-refractivity contribution in [2.24, 2.45) is 4.99 Å². The van der Waals surface area contributed by atoms with E-state index in [0.29, 0.717) is 24.6 Å². The van der Waals surface area contributed by atoms with Crippen LogP contribution < -0.4 is 20.7 Å². The van der Waals surface area contributed by atoms with Crippen molar-refractivity contribution < 1.29 is 9.53 Å². The van der Waals surface area contributed by atoms with Crippen LogP contribution in [0.15, 0.2) is 47.5 Å². The number of carbonyl (C=O) groups excluding carboxylic acids is 1. The highest BCUT2D eigenvalue weighted by Crippen LogP contribution is 2.19. The third-order valence-electron chi connectivity index (χ3n) is 4.07. The number of methoxy groups -OCH3 is 1. The van der Waals surface area contributed by atoms with Crippen molar-refractivity contribution in [3.05, 3.63) is 64.7 Å². The molecule has 0 saturated carbocycles. The Morgan fingerprint density at radius 3 is 2.61 bits per heavy atom. The number of hydrogen-bond acceptors (Lipinski definition) is 3. The van der Waals surface area contributed by atoms with Crippen molar-refractivity contribution >= 4 is 35.8 Å². The Morgan fingerprint density at radius 1 is 1.14 bits per heavy atom. The van der Waals surface area contributed by atoms with Crippen LogP contribution in [0.25, 0.3) is 0 Å². The number of aryl methyl sites for hydroxylation is 1. The molecule has 0 aliphatic heterocycles. The summed E-state index contributed by atoms with van der Waals surface area (Å²) in [6.45, 7) is 5.90. The third kappa shape index (κ3) is 7.03. The van der Waals surface area contributed by atoms with Crippen LogP contribution in [-0.2, 0) is 13.1 Å². The standard InChI is InChI=1S/C21H28N4O2.HI/c1-5-23-21(25-14-18-10-9-15(2)11-19(18)27-4)24-13-16-7-6-8-17(12-16)20(26)22-3;/h6-12H,5,13-14H2,1-4H3,(H,22,26)(H2,23,24,25);1H. The van der Waals surface area contributed by atoms with E-state index < -0.39 is 0 Å². The average molecular weight is 496 g/mol. The molecule has 0 unspecified atom stereocenters. The summed E-state index contributed by atoms with van der Waals surface area (Å²) in [4.78, 5) is 16.4. The van der Waals surface area contributed by atoms with Gasteiger partial charge in [0.25, 0.3) is 5.91 Å². The Hall–Kier alpha value is -2.29. The maximum atomic E-state index is 11.8. The molecule has 0 atom stereocenters. The fourth-order valence-electron chi connectivity index (χ4n) is 2.64. The minimum absolute atomic E-state index is 0. The lowest BCUT2D eigenvalue weighted by Gasteiger charge is -2.14. The minimum atomic E-state index is -0.0997. The number of carbonyl (C=O) groups is 1. The van der Waals surface area contributed by atoms with E-state index in [-0.39, 0.29) is 29.9 Å². The van der Waals surface area contributed by atoms with Gasteiger partial charge in [-0.2, -0.15) is 0 Å². The summed E-state index contributed by atoms with van der Waals surface area (Å²) in [6.07, 6.45) is 0. The largest absolute Gasteiger partial charge is 0.496 e. The second kappa shape index (κ2) is 12.2. The smallest absolute Gasteiger partial charge is 0.251 e. The first-order valence-corrected chi connectivity index (χ1v) is 9.04. The normalized spacial score (nSPS) is 10.6. The summed E-state index contributed by atoms with van der Waals surface area (Å²) in [5, 5.41) is 9.20. The average Bonchev–Trinajstić information content (AvgIpc) is 2.70. The van der Waals surface area contributed by atoms with Crippen LogP contribution in [-0.4, -0.2) is 32.6 Å². The van der Waals surface area contributed by atoms with E-state index in [4.69, 9.17) is 4.74 Å². The SMILES string of the molecule is CCNC(=NCc1cccc(C(=O)NC)c1)NCc1ccc(C)cc1OC.I. The summed E-state index contributed by atoms with van der Waals surface area (Å²) >= 11 is 0. The van der Waals surface area contributed by atoms with Crippen molar-refractivity contribution in [3.63, 3.8) is 0 Å². The Labute approximate surface area is 184 Å². The molecule has 0 saturated heterocycles. The van der Waals surface area contributed by atoms with Crippen LogP contribution in [0.1, 0.15) is 34.0 Å². The molecule has 0 aliphatic carbocycles. The zero-order valence-electron chi connectivity index (χ0n) is 16.8. The highest BCUT2D eigenvalue weighted by Gasteiger charge is 2.06.